The first kappa shape index (κ1) is 72.4. The molecule has 0 aliphatic carbocycles. The van der Waals surface area contributed by atoms with Crippen LogP contribution in [0.2, 0.25) is 0 Å². The van der Waals surface area contributed by atoms with Gasteiger partial charge in [0, 0.05) is 47.0 Å². The van der Waals surface area contributed by atoms with Gasteiger partial charge in [-0.15, -0.1) is 0 Å². The van der Waals surface area contributed by atoms with Crippen LogP contribution in [0.5, 0.6) is 0 Å². The first-order chi connectivity index (χ1) is 11.2. The third-order valence-corrected chi connectivity index (χ3v) is 1.27. The maximum absolute atomic E-state index is 10.2. The van der Waals surface area contributed by atoms with Crippen LogP contribution >= 0.6 is 0 Å². The number of aromatic nitrogens is 2. The molecule has 2 radical (unpaired) electrons. The molecule has 0 amide bonds. The average molecular weight is 758 g/mol. The van der Waals surface area contributed by atoms with E-state index in [9.17, 15) is 4.79 Å². The fraction of sp³-hybridized carbons (Fsp3) is 0.167. The first-order valence-corrected chi connectivity index (χ1v) is 4.53. The van der Waals surface area contributed by atoms with Crippen LogP contribution in [-0.2, 0) is 80.8 Å². The summed E-state index contributed by atoms with van der Waals surface area (Å²) < 4.78 is 0. The molecule has 0 saturated carbocycles. The van der Waals surface area contributed by atoms with E-state index in [1.807, 2.05) is 0 Å². The van der Waals surface area contributed by atoms with Crippen LogP contribution < -0.4 is 0 Å². The van der Waals surface area contributed by atoms with Crippen LogP contribution in [0, 0.1) is 0 Å². The normalized spacial score (nSPS) is 5.89. The van der Waals surface area contributed by atoms with Gasteiger partial charge in [-0.05, 0) is 12.5 Å². The van der Waals surface area contributed by atoms with E-state index < -0.39 is 12.0 Å². The van der Waals surface area contributed by atoms with E-state index in [1.54, 1.807) is 6.20 Å². The van der Waals surface area contributed by atoms with Gasteiger partial charge in [-0.2, -0.15) is 0 Å². The number of carbonyl (C=O) groups excluding carboxylic acids is 6. The summed E-state index contributed by atoms with van der Waals surface area (Å²) in [7, 11) is 0. The van der Waals surface area contributed by atoms with E-state index in [2.05, 4.69) is 50.7 Å². The van der Waals surface area contributed by atoms with Crippen molar-refractivity contribution >= 4 is 46.7 Å². The fourth-order valence-electron chi connectivity index (χ4n) is 0.699. The number of carboxylic acids is 1. The summed E-state index contributed by atoms with van der Waals surface area (Å²) in [6.45, 7) is 19.5. The number of nitrogens with zero attached hydrogens (tertiary/aromatic N) is 1. The minimum Gasteiger partial charge on any atom is -0.665 e. The van der Waals surface area contributed by atoms with Gasteiger partial charge in [-0.25, -0.2) is 4.98 Å². The van der Waals surface area contributed by atoms with Crippen molar-refractivity contribution < 1.29 is 95.9 Å². The Morgan fingerprint density at radius 2 is 1.18 bits per heavy atom. The fourth-order valence-corrected chi connectivity index (χ4v) is 0.699. The molecule has 0 bridgehead atoms. The summed E-state index contributed by atoms with van der Waals surface area (Å²) in [4.78, 5) is 63.2. The van der Waals surface area contributed by atoms with Gasteiger partial charge in [0.1, 0.15) is 0 Å². The van der Waals surface area contributed by atoms with E-state index >= 15 is 0 Å². The van der Waals surface area contributed by atoms with E-state index in [-0.39, 0.29) is 63.7 Å². The van der Waals surface area contributed by atoms with Crippen molar-refractivity contribution in [3.8, 4) is 0 Å². The molecule has 1 unspecified atom stereocenters. The standard InChI is InChI=1S/C6H8N3O2.6CHO.3H2O.2Re/c7-5(6(10)11)1-4-2-8-3-9-4;6*1-2;;;;;/h2-3,5,7H,1H2,(H,8,9)(H,10,11);6*1H;3*1H2;;/q7*-1;;;;;/i;;;;;;;;;;2*1+2. The zero-order valence-corrected chi connectivity index (χ0v) is 19.3. The maximum atomic E-state index is 10.2. The summed E-state index contributed by atoms with van der Waals surface area (Å²) in [5.74, 6) is -1.12. The van der Waals surface area contributed by atoms with Crippen molar-refractivity contribution in [1.82, 2.24) is 9.97 Å². The molecule has 1 atom stereocenters. The van der Waals surface area contributed by atoms with Crippen molar-refractivity contribution in [3.63, 3.8) is 0 Å². The minimum atomic E-state index is -1.12. The second kappa shape index (κ2) is 101. The molecular formula is C12H20N3O11Re2-7. The van der Waals surface area contributed by atoms with Crippen molar-refractivity contribution in [1.29, 1.82) is 0 Å². The van der Waals surface area contributed by atoms with E-state index in [0.717, 1.165) is 0 Å². The van der Waals surface area contributed by atoms with Crippen molar-refractivity contribution in [2.75, 3.05) is 0 Å². The first-order valence-electron chi connectivity index (χ1n) is 4.53. The molecular weight excluding hydrogens is 738 g/mol. The number of carbonyl (C=O) groups is 1. The molecule has 28 heavy (non-hydrogen) atoms. The van der Waals surface area contributed by atoms with Gasteiger partial charge in [-0.1, -0.05) is 0 Å². The number of H-pyrrole nitrogens is 1. The molecule has 9 N–H and O–H groups in total. The number of hydrogen-bond donors (Lipinski definition) is 2. The number of nitrogens with one attached hydrogen (secondary N) is 2. The van der Waals surface area contributed by atoms with Crippen LogP contribution in [0.25, 0.3) is 5.73 Å². The number of aromatic amines is 1. The quantitative estimate of drug-likeness (QED) is 0.227. The molecule has 1 rings (SSSR count). The topological polar surface area (TPSA) is 287 Å². The smallest absolute Gasteiger partial charge is 0.285 e. The van der Waals surface area contributed by atoms with Crippen molar-refractivity contribution in [2.45, 2.75) is 12.5 Å². The van der Waals surface area contributed by atoms with E-state index in [0.29, 0.717) is 5.69 Å². The molecule has 1 heterocycles. The molecule has 0 aliphatic heterocycles. The van der Waals surface area contributed by atoms with Gasteiger partial charge in [0.25, 0.3) is 5.97 Å². The molecule has 16 heteroatoms. The van der Waals surface area contributed by atoms with Crippen LogP contribution in [0.15, 0.2) is 12.5 Å². The molecule has 0 spiro atoms. The number of aliphatic carboxylic acids is 1. The number of rotatable bonds is 3. The monoisotopic (exact) mass is 758 g/mol. The summed E-state index contributed by atoms with van der Waals surface area (Å²) in [6, 6.07) is -1.11. The Morgan fingerprint density at radius 1 is 0.893 bits per heavy atom. The molecule has 0 saturated heterocycles. The van der Waals surface area contributed by atoms with Gasteiger partial charge >= 0.3 is 0 Å². The maximum Gasteiger partial charge on any atom is 0.285 e. The summed E-state index contributed by atoms with van der Waals surface area (Å²) in [6.07, 6.45) is 3.20. The van der Waals surface area contributed by atoms with Gasteiger partial charge in [0.15, 0.2) is 0 Å². The van der Waals surface area contributed by atoms with Crippen molar-refractivity contribution in [2.24, 2.45) is 0 Å². The Balaban J connectivity index is -0.0000000166. The average Bonchev–Trinajstić information content (AvgIpc) is 3.18. The molecule has 0 aromatic carbocycles. The largest absolute Gasteiger partial charge is 0.665 e. The Morgan fingerprint density at radius 3 is 1.36 bits per heavy atom. The summed E-state index contributed by atoms with van der Waals surface area (Å²) in [5.41, 5.74) is 7.65. The van der Waals surface area contributed by atoms with Gasteiger partial charge in [0.2, 0.25) is 0 Å². The van der Waals surface area contributed by atoms with E-state index in [4.69, 9.17) is 39.6 Å². The Labute approximate surface area is 188 Å². The predicted octanol–water partition coefficient (Wildman–Crippen LogP) is -3.67. The third-order valence-electron chi connectivity index (χ3n) is 1.27. The molecule has 1 aromatic rings. The molecule has 1 aromatic heterocycles. The summed E-state index contributed by atoms with van der Waals surface area (Å²) in [5, 5.41) is 8.36. The van der Waals surface area contributed by atoms with Crippen LogP contribution in [0.3, 0.4) is 0 Å². The van der Waals surface area contributed by atoms with Crippen LogP contribution in [0.1, 0.15) is 5.69 Å². The number of imidazole rings is 1. The molecule has 170 valence electrons. The van der Waals surface area contributed by atoms with Crippen LogP contribution in [0.4, 0.5) is 0 Å². The molecule has 0 aliphatic rings. The molecule has 14 nitrogen and oxygen atoms in total. The van der Waals surface area contributed by atoms with Gasteiger partial charge < -0.3 is 61.0 Å². The third kappa shape index (κ3) is 75.4. The SMILES string of the molecule is O.O.O.[188Re].[188Re].[CH-]=O.[CH-]=O.[CH-]=O.[CH-]=O.[CH-]=O.[CH-]=O.[NH-]C(Cc1c[nH]cn1)C(=O)O. The Kier molecular flexibility index (Phi) is 260. The Hall–Kier alpha value is -2.14. The van der Waals surface area contributed by atoms with Crippen molar-refractivity contribution in [3.05, 3.63) is 24.0 Å². The van der Waals surface area contributed by atoms with E-state index in [1.165, 1.54) is 6.33 Å². The molecule has 0 fully saturated rings. The van der Waals surface area contributed by atoms with Gasteiger partial charge in [0.05, 0.1) is 12.0 Å². The zero-order valence-electron chi connectivity index (χ0n) is 13.9. The zero-order chi connectivity index (χ0) is 20.3. The van der Waals surface area contributed by atoms with Crippen LogP contribution in [-0.4, -0.2) is 84.2 Å². The number of carboxylic acid groups (broad SMARTS) is 1. The predicted molar refractivity (Wildman–Crippen MR) is 89.4 cm³/mol. The summed E-state index contributed by atoms with van der Waals surface area (Å²) >= 11 is 0. The second-order valence-corrected chi connectivity index (χ2v) is 2.16. The minimum absolute atomic E-state index is 0. The second-order valence-electron chi connectivity index (χ2n) is 2.16. The number of hydrogen-bond acceptors (Lipinski definition) is 8. The Bertz CT molecular complexity index is 323. The van der Waals surface area contributed by atoms with Gasteiger partial charge in [-0.3, -0.25) is 45.5 Å².